The second-order valence-corrected chi connectivity index (χ2v) is 5.96. The Morgan fingerprint density at radius 1 is 1.42 bits per heavy atom. The van der Waals surface area contributed by atoms with Gasteiger partial charge in [0.25, 0.3) is 0 Å². The number of thioether (sulfide) groups is 1. The lowest BCUT2D eigenvalue weighted by atomic mass is 10.2. The zero-order chi connectivity index (χ0) is 13.7. The van der Waals surface area contributed by atoms with Gasteiger partial charge in [-0.05, 0) is 36.0 Å². The van der Waals surface area contributed by atoms with Gasteiger partial charge in [-0.25, -0.2) is 4.79 Å². The van der Waals surface area contributed by atoms with Crippen LogP contribution in [0.1, 0.15) is 13.3 Å². The van der Waals surface area contributed by atoms with Crippen LogP contribution in [0, 0.1) is 5.92 Å². The Bertz CT molecular complexity index is 576. The highest BCUT2D eigenvalue weighted by Crippen LogP contribution is 2.12. The number of hydrogen-bond donors (Lipinski definition) is 2. The van der Waals surface area contributed by atoms with E-state index in [1.165, 1.54) is 0 Å². The average Bonchev–Trinajstić information content (AvgIpc) is 2.74. The summed E-state index contributed by atoms with van der Waals surface area (Å²) in [5.74, 6) is 2.33. The molecule has 0 amide bonds. The zero-order valence-electron chi connectivity index (χ0n) is 11.1. The van der Waals surface area contributed by atoms with Crippen LogP contribution in [0.5, 0.6) is 0 Å². The van der Waals surface area contributed by atoms with Crippen LogP contribution in [0.25, 0.3) is 11.0 Å². The molecule has 0 saturated carbocycles. The van der Waals surface area contributed by atoms with Gasteiger partial charge in [0.2, 0.25) is 0 Å². The number of rotatable bonds is 7. The molecule has 2 N–H and O–H groups in total. The molecule has 1 atom stereocenters. The lowest BCUT2D eigenvalue weighted by Crippen LogP contribution is -2.17. The van der Waals surface area contributed by atoms with Gasteiger partial charge >= 0.3 is 5.69 Å². The van der Waals surface area contributed by atoms with Crippen molar-refractivity contribution in [1.29, 1.82) is 0 Å². The van der Waals surface area contributed by atoms with Gasteiger partial charge in [-0.3, -0.25) is 4.57 Å². The topological polar surface area (TPSA) is 58.0 Å². The number of aromatic nitrogens is 2. The summed E-state index contributed by atoms with van der Waals surface area (Å²) in [6.07, 6.45) is 0.963. The van der Waals surface area contributed by atoms with Crippen molar-refractivity contribution in [2.24, 2.45) is 5.92 Å². The van der Waals surface area contributed by atoms with Crippen molar-refractivity contribution in [3.05, 3.63) is 34.7 Å². The predicted octanol–water partition coefficient (Wildman–Crippen LogP) is 2.08. The Hall–Kier alpha value is -1.20. The minimum Gasteiger partial charge on any atom is -0.396 e. The molecule has 0 aliphatic heterocycles. The summed E-state index contributed by atoms with van der Waals surface area (Å²) in [7, 11) is 0. The molecular formula is C14H20N2O2S. The van der Waals surface area contributed by atoms with Crippen LogP contribution in [0.2, 0.25) is 0 Å². The Morgan fingerprint density at radius 3 is 3.00 bits per heavy atom. The Morgan fingerprint density at radius 2 is 2.21 bits per heavy atom. The molecule has 2 rings (SSSR count). The van der Waals surface area contributed by atoms with E-state index in [4.69, 9.17) is 5.11 Å². The highest BCUT2D eigenvalue weighted by Gasteiger charge is 2.05. The standard InChI is InChI=1S/C14H20N2O2S/c1-11(9-17)10-19-8-4-7-16-13-6-3-2-5-12(13)15-14(16)18/h2-3,5-6,11,17H,4,7-10H2,1H3,(H,15,18). The summed E-state index contributed by atoms with van der Waals surface area (Å²) in [4.78, 5) is 14.7. The number of aromatic amines is 1. The summed E-state index contributed by atoms with van der Waals surface area (Å²) in [5.41, 5.74) is 1.84. The number of hydrogen-bond acceptors (Lipinski definition) is 3. The van der Waals surface area contributed by atoms with Crippen LogP contribution in [0.3, 0.4) is 0 Å². The van der Waals surface area contributed by atoms with Gasteiger partial charge in [-0.1, -0.05) is 19.1 Å². The van der Waals surface area contributed by atoms with E-state index in [0.717, 1.165) is 35.5 Å². The largest absolute Gasteiger partial charge is 0.396 e. The van der Waals surface area contributed by atoms with E-state index in [9.17, 15) is 4.79 Å². The van der Waals surface area contributed by atoms with Crippen molar-refractivity contribution in [2.75, 3.05) is 18.1 Å². The number of H-pyrrole nitrogens is 1. The molecule has 1 aromatic carbocycles. The molecule has 19 heavy (non-hydrogen) atoms. The third-order valence-electron chi connectivity index (χ3n) is 3.07. The van der Waals surface area contributed by atoms with Gasteiger partial charge in [0, 0.05) is 13.2 Å². The third-order valence-corrected chi connectivity index (χ3v) is 4.45. The first kappa shape index (κ1) is 14.2. The van der Waals surface area contributed by atoms with Crippen LogP contribution in [0.15, 0.2) is 29.1 Å². The number of fused-ring (bicyclic) bond motifs is 1. The van der Waals surface area contributed by atoms with E-state index in [1.54, 1.807) is 4.57 Å². The fourth-order valence-corrected chi connectivity index (χ4v) is 3.00. The van der Waals surface area contributed by atoms with Crippen molar-refractivity contribution in [2.45, 2.75) is 19.9 Å². The van der Waals surface area contributed by atoms with Gasteiger partial charge in [0.15, 0.2) is 0 Å². The number of aliphatic hydroxyl groups is 1. The first-order valence-electron chi connectivity index (χ1n) is 6.58. The molecule has 1 aromatic heterocycles. The normalized spacial score (nSPS) is 12.9. The summed E-state index contributed by atoms with van der Waals surface area (Å²) >= 11 is 1.83. The maximum Gasteiger partial charge on any atom is 0.326 e. The van der Waals surface area contributed by atoms with Crippen LogP contribution >= 0.6 is 11.8 Å². The Kier molecular flexibility index (Phi) is 5.10. The molecule has 0 bridgehead atoms. The zero-order valence-corrected chi connectivity index (χ0v) is 11.9. The first-order chi connectivity index (χ1) is 9.22. The lowest BCUT2D eigenvalue weighted by molar-refractivity contribution is 0.250. The molecule has 0 fully saturated rings. The Labute approximate surface area is 116 Å². The predicted molar refractivity (Wildman–Crippen MR) is 80.8 cm³/mol. The third kappa shape index (κ3) is 3.64. The minimum absolute atomic E-state index is 0.0325. The van der Waals surface area contributed by atoms with Gasteiger partial charge in [-0.2, -0.15) is 11.8 Å². The molecule has 104 valence electrons. The van der Waals surface area contributed by atoms with Crippen molar-refractivity contribution >= 4 is 22.8 Å². The monoisotopic (exact) mass is 280 g/mol. The highest BCUT2D eigenvalue weighted by molar-refractivity contribution is 7.99. The van der Waals surface area contributed by atoms with E-state index >= 15 is 0 Å². The first-order valence-corrected chi connectivity index (χ1v) is 7.74. The lowest BCUT2D eigenvalue weighted by Gasteiger charge is -2.07. The molecule has 5 heteroatoms. The fourth-order valence-electron chi connectivity index (χ4n) is 1.99. The van der Waals surface area contributed by atoms with Crippen molar-refractivity contribution in [3.8, 4) is 0 Å². The van der Waals surface area contributed by atoms with Gasteiger partial charge in [0.1, 0.15) is 0 Å². The highest BCUT2D eigenvalue weighted by atomic mass is 32.2. The number of nitrogens with one attached hydrogen (secondary N) is 1. The van der Waals surface area contributed by atoms with Gasteiger partial charge in [0.05, 0.1) is 11.0 Å². The maximum absolute atomic E-state index is 11.8. The van der Waals surface area contributed by atoms with Gasteiger partial charge < -0.3 is 10.1 Å². The molecule has 1 heterocycles. The second-order valence-electron chi connectivity index (χ2n) is 4.82. The summed E-state index contributed by atoms with van der Waals surface area (Å²) in [6, 6.07) is 7.76. The average molecular weight is 280 g/mol. The molecule has 0 spiro atoms. The van der Waals surface area contributed by atoms with Crippen LogP contribution < -0.4 is 5.69 Å². The number of nitrogens with zero attached hydrogens (tertiary/aromatic N) is 1. The number of imidazole rings is 1. The number of aliphatic hydroxyl groups excluding tert-OH is 1. The second kappa shape index (κ2) is 6.82. The molecule has 0 aliphatic rings. The number of para-hydroxylation sites is 2. The summed E-state index contributed by atoms with van der Waals surface area (Å²) in [5, 5.41) is 8.93. The molecule has 0 saturated heterocycles. The van der Waals surface area contributed by atoms with Crippen molar-refractivity contribution in [1.82, 2.24) is 9.55 Å². The van der Waals surface area contributed by atoms with Crippen LogP contribution in [0.4, 0.5) is 0 Å². The van der Waals surface area contributed by atoms with Crippen molar-refractivity contribution < 1.29 is 5.11 Å². The van der Waals surface area contributed by atoms with E-state index in [2.05, 4.69) is 4.98 Å². The Balaban J connectivity index is 1.88. The van der Waals surface area contributed by atoms with E-state index < -0.39 is 0 Å². The van der Waals surface area contributed by atoms with E-state index in [0.29, 0.717) is 5.92 Å². The van der Waals surface area contributed by atoms with Crippen LogP contribution in [-0.4, -0.2) is 32.8 Å². The molecule has 4 nitrogen and oxygen atoms in total. The number of benzene rings is 1. The fraction of sp³-hybridized carbons (Fsp3) is 0.500. The summed E-state index contributed by atoms with van der Waals surface area (Å²) < 4.78 is 1.80. The molecule has 0 radical (unpaired) electrons. The van der Waals surface area contributed by atoms with Crippen LogP contribution in [-0.2, 0) is 6.54 Å². The smallest absolute Gasteiger partial charge is 0.326 e. The van der Waals surface area contributed by atoms with Crippen molar-refractivity contribution in [3.63, 3.8) is 0 Å². The number of aryl methyl sites for hydroxylation is 1. The van der Waals surface area contributed by atoms with Gasteiger partial charge in [-0.15, -0.1) is 0 Å². The quantitative estimate of drug-likeness (QED) is 0.763. The molecular weight excluding hydrogens is 260 g/mol. The van der Waals surface area contributed by atoms with E-state index in [1.807, 2.05) is 43.0 Å². The minimum atomic E-state index is -0.0325. The molecule has 0 aliphatic carbocycles. The maximum atomic E-state index is 11.8. The molecule has 2 aromatic rings. The van der Waals surface area contributed by atoms with E-state index in [-0.39, 0.29) is 12.3 Å². The summed E-state index contributed by atoms with van der Waals surface area (Å²) in [6.45, 7) is 3.02. The molecule has 1 unspecified atom stereocenters. The SMILES string of the molecule is CC(CO)CSCCCn1c(=O)[nH]c2ccccc21.